The first kappa shape index (κ1) is 14.5. The molecule has 1 aromatic heterocycles. The van der Waals surface area contributed by atoms with Crippen LogP contribution in [0.4, 0.5) is 0 Å². The quantitative estimate of drug-likeness (QED) is 0.710. The largest absolute Gasteiger partial charge is 0.477 e. The monoisotopic (exact) mass is 280 g/mol. The molecule has 1 aliphatic heterocycles. The van der Waals surface area contributed by atoms with Gasteiger partial charge < -0.3 is 9.64 Å². The van der Waals surface area contributed by atoms with E-state index in [-0.39, 0.29) is 0 Å². The zero-order valence-electron chi connectivity index (χ0n) is 12.0. The van der Waals surface area contributed by atoms with Crippen LogP contribution in [0.25, 0.3) is 5.57 Å². The number of hydrogen-bond acceptors (Lipinski definition) is 4. The van der Waals surface area contributed by atoms with Crippen LogP contribution < -0.4 is 4.74 Å². The van der Waals surface area contributed by atoms with Crippen molar-refractivity contribution >= 4 is 17.1 Å². The molecular formula is C15H24N2OS. The number of rotatable bonds is 7. The summed E-state index contributed by atoms with van der Waals surface area (Å²) in [5.41, 5.74) is 2.57. The molecule has 2 rings (SSSR count). The van der Waals surface area contributed by atoms with Gasteiger partial charge in [-0.1, -0.05) is 32.3 Å². The van der Waals surface area contributed by atoms with Crippen LogP contribution in [-0.4, -0.2) is 36.0 Å². The second-order valence-electron chi connectivity index (χ2n) is 5.20. The molecular weight excluding hydrogens is 256 g/mol. The molecule has 0 spiro atoms. The van der Waals surface area contributed by atoms with Crippen LogP contribution in [-0.2, 0) is 0 Å². The second kappa shape index (κ2) is 7.65. The highest BCUT2D eigenvalue weighted by Crippen LogP contribution is 2.29. The molecule has 0 atom stereocenters. The Kier molecular flexibility index (Phi) is 5.86. The Morgan fingerprint density at radius 1 is 1.37 bits per heavy atom. The van der Waals surface area contributed by atoms with Gasteiger partial charge in [-0.2, -0.15) is 4.37 Å². The molecule has 0 saturated heterocycles. The Morgan fingerprint density at radius 3 is 3.05 bits per heavy atom. The van der Waals surface area contributed by atoms with Crippen molar-refractivity contribution < 1.29 is 4.74 Å². The van der Waals surface area contributed by atoms with E-state index in [9.17, 15) is 0 Å². The molecule has 0 unspecified atom stereocenters. The van der Waals surface area contributed by atoms with E-state index in [1.807, 2.05) is 0 Å². The minimum atomic E-state index is 0.792. The van der Waals surface area contributed by atoms with Crippen molar-refractivity contribution in [2.45, 2.75) is 39.0 Å². The molecule has 0 amide bonds. The van der Waals surface area contributed by atoms with Crippen LogP contribution in [0.15, 0.2) is 11.5 Å². The van der Waals surface area contributed by atoms with E-state index < -0.39 is 0 Å². The maximum atomic E-state index is 5.85. The summed E-state index contributed by atoms with van der Waals surface area (Å²) >= 11 is 1.50. The zero-order valence-corrected chi connectivity index (χ0v) is 12.8. The number of aromatic nitrogens is 1. The van der Waals surface area contributed by atoms with Crippen molar-refractivity contribution in [3.05, 3.63) is 17.0 Å². The van der Waals surface area contributed by atoms with Gasteiger partial charge in [0.25, 0.3) is 0 Å². The molecule has 0 saturated carbocycles. The third-order valence-corrected chi connectivity index (χ3v) is 4.07. The molecule has 1 aliphatic rings. The number of ether oxygens (including phenoxy) is 1. The van der Waals surface area contributed by atoms with Crippen LogP contribution in [0.5, 0.6) is 5.88 Å². The summed E-state index contributed by atoms with van der Waals surface area (Å²) < 4.78 is 10.2. The molecule has 0 aromatic carbocycles. The van der Waals surface area contributed by atoms with Crippen LogP contribution in [0.1, 0.15) is 44.6 Å². The average molecular weight is 280 g/mol. The summed E-state index contributed by atoms with van der Waals surface area (Å²) in [7, 11) is 2.16. The molecule has 1 aromatic rings. The maximum absolute atomic E-state index is 5.85. The molecule has 4 heteroatoms. The lowest BCUT2D eigenvalue weighted by Crippen LogP contribution is -2.24. The summed E-state index contributed by atoms with van der Waals surface area (Å²) in [6.07, 6.45) is 8.39. The van der Waals surface area contributed by atoms with Gasteiger partial charge in [0.05, 0.1) is 12.2 Å². The summed E-state index contributed by atoms with van der Waals surface area (Å²) in [5, 5.41) is 2.12. The third-order valence-electron chi connectivity index (χ3n) is 3.46. The Balaban J connectivity index is 1.88. The van der Waals surface area contributed by atoms with E-state index in [1.165, 1.54) is 41.9 Å². The molecule has 2 heterocycles. The SMILES string of the molecule is CCCCCCOc1nscc1C1=CCCN(C)C1. The lowest BCUT2D eigenvalue weighted by atomic mass is 10.0. The van der Waals surface area contributed by atoms with Crippen molar-refractivity contribution in [2.24, 2.45) is 0 Å². The minimum absolute atomic E-state index is 0.792. The van der Waals surface area contributed by atoms with Gasteiger partial charge in [0.1, 0.15) is 0 Å². The first-order valence-corrected chi connectivity index (χ1v) is 8.10. The van der Waals surface area contributed by atoms with Crippen molar-refractivity contribution in [2.75, 3.05) is 26.7 Å². The fraction of sp³-hybridized carbons (Fsp3) is 0.667. The van der Waals surface area contributed by atoms with Crippen molar-refractivity contribution in [1.82, 2.24) is 9.27 Å². The first-order valence-electron chi connectivity index (χ1n) is 7.26. The third kappa shape index (κ3) is 4.32. The van der Waals surface area contributed by atoms with E-state index in [1.54, 1.807) is 0 Å². The van der Waals surface area contributed by atoms with Gasteiger partial charge in [0.2, 0.25) is 5.88 Å². The smallest absolute Gasteiger partial charge is 0.232 e. The van der Waals surface area contributed by atoms with Gasteiger partial charge in [-0.15, -0.1) is 0 Å². The van der Waals surface area contributed by atoms with Gasteiger partial charge in [0, 0.05) is 18.5 Å². The Hall–Kier alpha value is -0.870. The lowest BCUT2D eigenvalue weighted by Gasteiger charge is -2.22. The van der Waals surface area contributed by atoms with E-state index in [2.05, 4.69) is 34.7 Å². The van der Waals surface area contributed by atoms with Gasteiger partial charge >= 0.3 is 0 Å². The normalized spacial score (nSPS) is 16.4. The lowest BCUT2D eigenvalue weighted by molar-refractivity contribution is 0.295. The summed E-state index contributed by atoms with van der Waals surface area (Å²) in [6.45, 7) is 5.17. The number of nitrogens with zero attached hydrogens (tertiary/aromatic N) is 2. The van der Waals surface area contributed by atoms with Gasteiger partial charge in [-0.25, -0.2) is 0 Å². The highest BCUT2D eigenvalue weighted by atomic mass is 32.1. The molecule has 0 N–H and O–H groups in total. The highest BCUT2D eigenvalue weighted by Gasteiger charge is 2.16. The highest BCUT2D eigenvalue weighted by molar-refractivity contribution is 7.04. The van der Waals surface area contributed by atoms with E-state index >= 15 is 0 Å². The van der Waals surface area contributed by atoms with Crippen LogP contribution in [0.3, 0.4) is 0 Å². The first-order chi connectivity index (χ1) is 9.31. The Morgan fingerprint density at radius 2 is 2.26 bits per heavy atom. The van der Waals surface area contributed by atoms with Gasteiger partial charge in [-0.3, -0.25) is 0 Å². The molecule has 3 nitrogen and oxygen atoms in total. The van der Waals surface area contributed by atoms with Crippen molar-refractivity contribution in [1.29, 1.82) is 0 Å². The second-order valence-corrected chi connectivity index (χ2v) is 5.83. The van der Waals surface area contributed by atoms with E-state index in [4.69, 9.17) is 4.74 Å². The van der Waals surface area contributed by atoms with Crippen LogP contribution >= 0.6 is 11.5 Å². The molecule has 0 radical (unpaired) electrons. The number of unbranched alkanes of at least 4 members (excludes halogenated alkanes) is 3. The molecule has 106 valence electrons. The van der Waals surface area contributed by atoms with Crippen molar-refractivity contribution in [3.63, 3.8) is 0 Å². The minimum Gasteiger partial charge on any atom is -0.477 e. The number of likely N-dealkylation sites (N-methyl/N-ethyl adjacent to an activating group) is 1. The fourth-order valence-corrected chi connectivity index (χ4v) is 2.99. The molecule has 0 aliphatic carbocycles. The summed E-state index contributed by atoms with van der Waals surface area (Å²) in [4.78, 5) is 2.35. The van der Waals surface area contributed by atoms with E-state index in [0.29, 0.717) is 0 Å². The predicted octanol–water partition coefficient (Wildman–Crippen LogP) is 3.82. The topological polar surface area (TPSA) is 25.4 Å². The standard InChI is InChI=1S/C15H24N2OS/c1-3-4-5-6-10-18-15-14(12-19-16-15)13-8-7-9-17(2)11-13/h8,12H,3-7,9-11H2,1-2H3. The van der Waals surface area contributed by atoms with E-state index in [0.717, 1.165) is 38.4 Å². The zero-order chi connectivity index (χ0) is 13.5. The summed E-state index contributed by atoms with van der Waals surface area (Å²) in [5.74, 6) is 0.836. The maximum Gasteiger partial charge on any atom is 0.232 e. The average Bonchev–Trinajstić information content (AvgIpc) is 2.87. The Bertz CT molecular complexity index is 414. The molecule has 0 fully saturated rings. The number of hydrogen-bond donors (Lipinski definition) is 0. The molecule has 0 bridgehead atoms. The summed E-state index contributed by atoms with van der Waals surface area (Å²) in [6, 6.07) is 0. The van der Waals surface area contributed by atoms with Crippen molar-refractivity contribution in [3.8, 4) is 5.88 Å². The van der Waals surface area contributed by atoms with Crippen LogP contribution in [0.2, 0.25) is 0 Å². The molecule has 19 heavy (non-hydrogen) atoms. The fourth-order valence-electron chi connectivity index (χ4n) is 2.33. The predicted molar refractivity (Wildman–Crippen MR) is 81.8 cm³/mol. The van der Waals surface area contributed by atoms with Gasteiger partial charge in [-0.05, 0) is 37.0 Å². The van der Waals surface area contributed by atoms with Crippen LogP contribution in [0, 0.1) is 0 Å². The Labute approximate surface area is 120 Å². The van der Waals surface area contributed by atoms with Gasteiger partial charge in [0.15, 0.2) is 0 Å².